The molecule has 0 saturated carbocycles. The first-order chi connectivity index (χ1) is 9.23. The van der Waals surface area contributed by atoms with Crippen LogP contribution < -0.4 is 10.6 Å². The summed E-state index contributed by atoms with van der Waals surface area (Å²) < 4.78 is 38.8. The van der Waals surface area contributed by atoms with E-state index in [1.807, 2.05) is 10.6 Å². The molecule has 0 aliphatic heterocycles. The van der Waals surface area contributed by atoms with E-state index in [0.29, 0.717) is 6.07 Å². The number of aliphatic hydroxyl groups is 1. The van der Waals surface area contributed by atoms with E-state index in [1.165, 1.54) is 0 Å². The van der Waals surface area contributed by atoms with Crippen LogP contribution in [0.3, 0.4) is 0 Å². The molecule has 2 amide bonds. The van der Waals surface area contributed by atoms with Gasteiger partial charge in [-0.15, -0.1) is 0 Å². The Labute approximate surface area is 111 Å². The standard InChI is InChI=1S/C11H11F3N2O4/c1-4(17)9(10(18)19)16-11(20)15-6-3-2-5(12)7(13)8(6)14/h2-4,9,17H,1H3,(H,18,19)(H2,15,16,20). The van der Waals surface area contributed by atoms with E-state index in [4.69, 9.17) is 10.2 Å². The summed E-state index contributed by atoms with van der Waals surface area (Å²) >= 11 is 0. The van der Waals surface area contributed by atoms with Crippen LogP contribution in [-0.4, -0.2) is 34.4 Å². The van der Waals surface area contributed by atoms with Gasteiger partial charge in [0, 0.05) is 0 Å². The van der Waals surface area contributed by atoms with Crippen molar-refractivity contribution in [3.05, 3.63) is 29.6 Å². The fourth-order valence-corrected chi connectivity index (χ4v) is 1.31. The third-order valence-electron chi connectivity index (χ3n) is 2.32. The third-order valence-corrected chi connectivity index (χ3v) is 2.32. The summed E-state index contributed by atoms with van der Waals surface area (Å²) in [7, 11) is 0. The number of aliphatic hydroxyl groups excluding tert-OH is 1. The number of halogens is 3. The SMILES string of the molecule is CC(O)C(NC(=O)Nc1ccc(F)c(F)c1F)C(=O)O. The van der Waals surface area contributed by atoms with Gasteiger partial charge in [0.25, 0.3) is 0 Å². The average Bonchev–Trinajstić information content (AvgIpc) is 2.36. The molecule has 9 heteroatoms. The van der Waals surface area contributed by atoms with E-state index < -0.39 is 47.3 Å². The minimum Gasteiger partial charge on any atom is -0.480 e. The van der Waals surface area contributed by atoms with Gasteiger partial charge in [-0.2, -0.15) is 0 Å². The number of amides is 2. The molecule has 1 rings (SSSR count). The number of hydrogen-bond donors (Lipinski definition) is 4. The molecule has 6 nitrogen and oxygen atoms in total. The maximum absolute atomic E-state index is 13.3. The number of rotatable bonds is 4. The summed E-state index contributed by atoms with van der Waals surface area (Å²) in [6.45, 7) is 1.12. The lowest BCUT2D eigenvalue weighted by atomic mass is 10.2. The van der Waals surface area contributed by atoms with Gasteiger partial charge in [-0.3, -0.25) is 0 Å². The number of carbonyl (C=O) groups is 2. The van der Waals surface area contributed by atoms with Crippen LogP contribution in [0.25, 0.3) is 0 Å². The van der Waals surface area contributed by atoms with Gasteiger partial charge >= 0.3 is 12.0 Å². The molecule has 1 aromatic rings. The van der Waals surface area contributed by atoms with Crippen molar-refractivity contribution in [2.24, 2.45) is 0 Å². The van der Waals surface area contributed by atoms with Gasteiger partial charge in [0.15, 0.2) is 23.5 Å². The molecule has 0 aliphatic rings. The van der Waals surface area contributed by atoms with E-state index in [9.17, 15) is 22.8 Å². The van der Waals surface area contributed by atoms with Crippen LogP contribution in [0, 0.1) is 17.5 Å². The summed E-state index contributed by atoms with van der Waals surface area (Å²) in [5.74, 6) is -6.33. The zero-order valence-corrected chi connectivity index (χ0v) is 10.2. The number of carbonyl (C=O) groups excluding carboxylic acids is 1. The molecule has 2 atom stereocenters. The van der Waals surface area contributed by atoms with Crippen LogP contribution in [-0.2, 0) is 4.79 Å². The van der Waals surface area contributed by atoms with Crippen LogP contribution in [0.5, 0.6) is 0 Å². The number of hydrogen-bond acceptors (Lipinski definition) is 3. The monoisotopic (exact) mass is 292 g/mol. The maximum Gasteiger partial charge on any atom is 0.328 e. The lowest BCUT2D eigenvalue weighted by Gasteiger charge is -2.17. The minimum absolute atomic E-state index is 0.595. The van der Waals surface area contributed by atoms with Crippen molar-refractivity contribution in [1.29, 1.82) is 0 Å². The molecular formula is C11H11F3N2O4. The van der Waals surface area contributed by atoms with Crippen molar-refractivity contribution >= 4 is 17.7 Å². The van der Waals surface area contributed by atoms with Crippen molar-refractivity contribution in [1.82, 2.24) is 5.32 Å². The molecule has 20 heavy (non-hydrogen) atoms. The average molecular weight is 292 g/mol. The van der Waals surface area contributed by atoms with Gasteiger partial charge in [0.2, 0.25) is 0 Å². The first-order valence-electron chi connectivity index (χ1n) is 5.36. The lowest BCUT2D eigenvalue weighted by Crippen LogP contribution is -2.49. The fourth-order valence-electron chi connectivity index (χ4n) is 1.31. The molecule has 0 aliphatic carbocycles. The molecule has 0 bridgehead atoms. The van der Waals surface area contributed by atoms with Gasteiger partial charge in [-0.25, -0.2) is 22.8 Å². The Morgan fingerprint density at radius 1 is 1.20 bits per heavy atom. The van der Waals surface area contributed by atoms with Crippen LogP contribution >= 0.6 is 0 Å². The highest BCUT2D eigenvalue weighted by Gasteiger charge is 2.25. The topological polar surface area (TPSA) is 98.7 Å². The van der Waals surface area contributed by atoms with E-state index in [0.717, 1.165) is 13.0 Å². The van der Waals surface area contributed by atoms with Crippen LogP contribution in [0.1, 0.15) is 6.92 Å². The van der Waals surface area contributed by atoms with Gasteiger partial charge in [0.05, 0.1) is 11.8 Å². The second-order valence-corrected chi connectivity index (χ2v) is 3.88. The molecule has 0 saturated heterocycles. The van der Waals surface area contributed by atoms with Gasteiger partial charge in [-0.05, 0) is 19.1 Å². The van der Waals surface area contributed by atoms with Crippen LogP contribution in [0.4, 0.5) is 23.7 Å². The summed E-state index contributed by atoms with van der Waals surface area (Å²) in [5, 5.41) is 21.5. The van der Waals surface area contributed by atoms with Crippen molar-refractivity contribution in [3.8, 4) is 0 Å². The lowest BCUT2D eigenvalue weighted by molar-refractivity contribution is -0.141. The normalized spacial score (nSPS) is 13.4. The Bertz CT molecular complexity index is 537. The summed E-state index contributed by atoms with van der Waals surface area (Å²) in [6.07, 6.45) is -1.41. The zero-order valence-electron chi connectivity index (χ0n) is 10.2. The maximum atomic E-state index is 13.3. The minimum atomic E-state index is -1.77. The van der Waals surface area contributed by atoms with Crippen molar-refractivity contribution in [2.45, 2.75) is 19.1 Å². The van der Waals surface area contributed by atoms with Crippen molar-refractivity contribution < 1.29 is 33.0 Å². The molecule has 4 N–H and O–H groups in total. The Morgan fingerprint density at radius 2 is 1.80 bits per heavy atom. The van der Waals surface area contributed by atoms with Gasteiger partial charge < -0.3 is 20.8 Å². The summed E-state index contributed by atoms with van der Waals surface area (Å²) in [6, 6.07) is -1.46. The molecule has 0 spiro atoms. The number of anilines is 1. The summed E-state index contributed by atoms with van der Waals surface area (Å²) in [5.41, 5.74) is -0.670. The predicted molar refractivity (Wildman–Crippen MR) is 61.6 cm³/mol. The number of aliphatic carboxylic acids is 1. The van der Waals surface area contributed by atoms with Gasteiger partial charge in [-0.1, -0.05) is 0 Å². The molecule has 0 heterocycles. The Morgan fingerprint density at radius 3 is 2.30 bits per heavy atom. The van der Waals surface area contributed by atoms with E-state index >= 15 is 0 Å². The van der Waals surface area contributed by atoms with Crippen LogP contribution in [0.15, 0.2) is 12.1 Å². The number of nitrogens with one attached hydrogen (secondary N) is 2. The first kappa shape index (κ1) is 15.8. The molecule has 0 radical (unpaired) electrons. The Balaban J connectivity index is 2.81. The predicted octanol–water partition coefficient (Wildman–Crippen LogP) is 1.06. The summed E-state index contributed by atoms with van der Waals surface area (Å²) in [4.78, 5) is 22.1. The number of benzene rings is 1. The second kappa shape index (κ2) is 6.24. The molecule has 1 aromatic carbocycles. The van der Waals surface area contributed by atoms with Gasteiger partial charge in [0.1, 0.15) is 0 Å². The highest BCUT2D eigenvalue weighted by atomic mass is 19.2. The molecular weight excluding hydrogens is 281 g/mol. The highest BCUT2D eigenvalue weighted by Crippen LogP contribution is 2.19. The fraction of sp³-hybridized carbons (Fsp3) is 0.273. The van der Waals surface area contributed by atoms with E-state index in [1.54, 1.807) is 0 Å². The molecule has 0 fully saturated rings. The zero-order chi connectivity index (χ0) is 15.4. The number of urea groups is 1. The Kier molecular flexibility index (Phi) is 4.92. The largest absolute Gasteiger partial charge is 0.480 e. The quantitative estimate of drug-likeness (QED) is 0.624. The smallest absolute Gasteiger partial charge is 0.328 e. The van der Waals surface area contributed by atoms with E-state index in [-0.39, 0.29) is 0 Å². The molecule has 110 valence electrons. The molecule has 0 aromatic heterocycles. The Hall–Kier alpha value is -2.29. The highest BCUT2D eigenvalue weighted by molar-refractivity contribution is 5.92. The number of carboxylic acids is 1. The molecule has 2 unspecified atom stereocenters. The second-order valence-electron chi connectivity index (χ2n) is 3.88. The third kappa shape index (κ3) is 3.60. The number of carboxylic acid groups (broad SMARTS) is 1. The first-order valence-corrected chi connectivity index (χ1v) is 5.36. The van der Waals surface area contributed by atoms with E-state index in [2.05, 4.69) is 0 Å². The van der Waals surface area contributed by atoms with Crippen molar-refractivity contribution in [2.75, 3.05) is 5.32 Å². The van der Waals surface area contributed by atoms with Crippen molar-refractivity contribution in [3.63, 3.8) is 0 Å². The van der Waals surface area contributed by atoms with Crippen LogP contribution in [0.2, 0.25) is 0 Å².